The number of likely N-dealkylation sites (tertiary alicyclic amines) is 1. The number of hydrogen-bond donors (Lipinski definition) is 1. The summed E-state index contributed by atoms with van der Waals surface area (Å²) < 4.78 is 15.1. The average molecular weight is 349 g/mol. The second-order valence-electron chi connectivity index (χ2n) is 5.80. The molecule has 0 atom stereocenters. The summed E-state index contributed by atoms with van der Waals surface area (Å²) in [5, 5.41) is 9.08. The van der Waals surface area contributed by atoms with Gasteiger partial charge in [-0.3, -0.25) is 14.3 Å². The van der Waals surface area contributed by atoms with Crippen molar-refractivity contribution in [3.8, 4) is 5.69 Å². The van der Waals surface area contributed by atoms with E-state index in [1.807, 2.05) is 4.57 Å². The van der Waals surface area contributed by atoms with Crippen LogP contribution in [-0.4, -0.2) is 44.4 Å². The minimum absolute atomic E-state index is 0.128. The number of benzene rings is 1. The number of primary amides is 1. The van der Waals surface area contributed by atoms with Crippen LogP contribution in [0.1, 0.15) is 25.1 Å². The van der Waals surface area contributed by atoms with Crippen LogP contribution in [0.5, 0.6) is 0 Å². The van der Waals surface area contributed by atoms with Crippen molar-refractivity contribution in [2.24, 2.45) is 5.73 Å². The van der Waals surface area contributed by atoms with E-state index in [4.69, 9.17) is 5.73 Å². The summed E-state index contributed by atoms with van der Waals surface area (Å²) in [6.07, 6.45) is 3.64. The smallest absolute Gasteiger partial charge is 0.227 e. The maximum Gasteiger partial charge on any atom is 0.227 e. The first kappa shape index (κ1) is 16.9. The molecular formula is C16H20FN5OS. The van der Waals surface area contributed by atoms with Crippen molar-refractivity contribution in [3.05, 3.63) is 35.9 Å². The Labute approximate surface area is 144 Å². The second-order valence-corrected chi connectivity index (χ2v) is 6.74. The molecule has 1 saturated heterocycles. The lowest BCUT2D eigenvalue weighted by molar-refractivity contribution is -0.115. The van der Waals surface area contributed by atoms with Gasteiger partial charge in [-0.25, -0.2) is 4.39 Å². The second kappa shape index (κ2) is 7.76. The third-order valence-corrected chi connectivity index (χ3v) is 4.89. The van der Waals surface area contributed by atoms with Crippen molar-refractivity contribution in [3.63, 3.8) is 0 Å². The number of piperidine rings is 1. The monoisotopic (exact) mass is 349 g/mol. The predicted octanol–water partition coefficient (Wildman–Crippen LogP) is 1.97. The third-order valence-electron chi connectivity index (χ3n) is 3.94. The van der Waals surface area contributed by atoms with Gasteiger partial charge in [-0.05, 0) is 50.2 Å². The van der Waals surface area contributed by atoms with Gasteiger partial charge in [-0.1, -0.05) is 18.2 Å². The van der Waals surface area contributed by atoms with Gasteiger partial charge < -0.3 is 5.73 Å². The Morgan fingerprint density at radius 2 is 1.88 bits per heavy atom. The predicted molar refractivity (Wildman–Crippen MR) is 90.4 cm³/mol. The summed E-state index contributed by atoms with van der Waals surface area (Å²) in [6.45, 7) is 2.77. The van der Waals surface area contributed by atoms with E-state index in [1.54, 1.807) is 12.1 Å². The lowest BCUT2D eigenvalue weighted by Gasteiger charge is -2.26. The number of thioether (sulfide) groups is 1. The zero-order valence-electron chi connectivity index (χ0n) is 13.3. The molecule has 0 aliphatic carbocycles. The lowest BCUT2D eigenvalue weighted by atomic mass is 10.1. The van der Waals surface area contributed by atoms with Crippen LogP contribution in [0.15, 0.2) is 29.4 Å². The molecule has 1 aliphatic heterocycles. The van der Waals surface area contributed by atoms with Crippen LogP contribution in [0, 0.1) is 5.82 Å². The van der Waals surface area contributed by atoms with Gasteiger partial charge in [-0.15, -0.1) is 10.2 Å². The molecule has 2 N–H and O–H groups in total. The van der Waals surface area contributed by atoms with Gasteiger partial charge in [0, 0.05) is 5.69 Å². The molecule has 2 heterocycles. The van der Waals surface area contributed by atoms with Gasteiger partial charge in [-0.2, -0.15) is 0 Å². The summed E-state index contributed by atoms with van der Waals surface area (Å²) >= 11 is 1.24. The van der Waals surface area contributed by atoms with Crippen molar-refractivity contribution in [2.45, 2.75) is 31.0 Å². The van der Waals surface area contributed by atoms with Gasteiger partial charge in [0.15, 0.2) is 11.0 Å². The Morgan fingerprint density at radius 3 is 2.54 bits per heavy atom. The zero-order valence-corrected chi connectivity index (χ0v) is 14.1. The molecule has 0 spiro atoms. The summed E-state index contributed by atoms with van der Waals surface area (Å²) in [5.74, 6) is 0.209. The minimum atomic E-state index is -0.411. The fourth-order valence-electron chi connectivity index (χ4n) is 2.80. The van der Waals surface area contributed by atoms with Crippen molar-refractivity contribution in [1.82, 2.24) is 19.7 Å². The molecule has 0 bridgehead atoms. The van der Waals surface area contributed by atoms with E-state index in [0.717, 1.165) is 24.6 Å². The molecule has 3 rings (SSSR count). The Morgan fingerprint density at radius 1 is 1.17 bits per heavy atom. The highest BCUT2D eigenvalue weighted by Gasteiger charge is 2.19. The van der Waals surface area contributed by atoms with Crippen molar-refractivity contribution in [2.75, 3.05) is 18.8 Å². The van der Waals surface area contributed by atoms with Crippen LogP contribution >= 0.6 is 11.8 Å². The fraction of sp³-hybridized carbons (Fsp3) is 0.438. The van der Waals surface area contributed by atoms with Crippen LogP contribution < -0.4 is 5.73 Å². The number of hydrogen-bond acceptors (Lipinski definition) is 5. The largest absolute Gasteiger partial charge is 0.369 e. The van der Waals surface area contributed by atoms with E-state index < -0.39 is 5.91 Å². The number of nitrogens with two attached hydrogens (primary N) is 1. The molecule has 24 heavy (non-hydrogen) atoms. The van der Waals surface area contributed by atoms with Crippen molar-refractivity contribution < 1.29 is 9.18 Å². The van der Waals surface area contributed by atoms with Crippen LogP contribution in [0.25, 0.3) is 5.69 Å². The number of amides is 1. The quantitative estimate of drug-likeness (QED) is 0.807. The summed E-state index contributed by atoms with van der Waals surface area (Å²) in [7, 11) is 0. The zero-order chi connectivity index (χ0) is 16.9. The lowest BCUT2D eigenvalue weighted by Crippen LogP contribution is -2.30. The number of carbonyl (C=O) groups excluding carboxylic acids is 1. The molecule has 1 fully saturated rings. The number of rotatable bonds is 6. The van der Waals surface area contributed by atoms with Crippen LogP contribution in [0.4, 0.5) is 4.39 Å². The van der Waals surface area contributed by atoms with E-state index in [2.05, 4.69) is 15.1 Å². The highest BCUT2D eigenvalue weighted by atomic mass is 32.2. The van der Waals surface area contributed by atoms with Gasteiger partial charge in [0.05, 0.1) is 12.3 Å². The first-order chi connectivity index (χ1) is 11.6. The Balaban J connectivity index is 1.89. The van der Waals surface area contributed by atoms with E-state index >= 15 is 0 Å². The molecule has 6 nitrogen and oxygen atoms in total. The van der Waals surface area contributed by atoms with E-state index in [9.17, 15) is 9.18 Å². The number of nitrogens with zero attached hydrogens (tertiary/aromatic N) is 4. The summed E-state index contributed by atoms with van der Waals surface area (Å²) in [4.78, 5) is 13.4. The Bertz CT molecular complexity index is 697. The standard InChI is InChI=1S/C16H20FN5OS/c17-12-4-6-13(7-5-12)22-15(10-21-8-2-1-3-9-21)19-20-16(22)24-11-14(18)23/h4-7H,1-3,8-11H2,(H2,18,23). The molecule has 1 aliphatic rings. The molecular weight excluding hydrogens is 329 g/mol. The third kappa shape index (κ3) is 4.12. The number of halogens is 1. The van der Waals surface area contributed by atoms with E-state index in [-0.39, 0.29) is 11.6 Å². The molecule has 1 aromatic carbocycles. The SMILES string of the molecule is NC(=O)CSc1nnc(CN2CCCCC2)n1-c1ccc(F)cc1. The minimum Gasteiger partial charge on any atom is -0.369 e. The average Bonchev–Trinajstić information content (AvgIpc) is 2.97. The number of aromatic nitrogens is 3. The molecule has 0 unspecified atom stereocenters. The van der Waals surface area contributed by atoms with Crippen LogP contribution in [-0.2, 0) is 11.3 Å². The van der Waals surface area contributed by atoms with Crippen LogP contribution in [0.3, 0.4) is 0 Å². The maximum absolute atomic E-state index is 13.2. The first-order valence-electron chi connectivity index (χ1n) is 7.97. The molecule has 128 valence electrons. The Kier molecular flexibility index (Phi) is 5.47. The van der Waals surface area contributed by atoms with Crippen LogP contribution in [0.2, 0.25) is 0 Å². The maximum atomic E-state index is 13.2. The Hall–Kier alpha value is -1.93. The van der Waals surface area contributed by atoms with Gasteiger partial charge in [0.2, 0.25) is 5.91 Å². The highest BCUT2D eigenvalue weighted by molar-refractivity contribution is 7.99. The first-order valence-corrected chi connectivity index (χ1v) is 8.96. The molecule has 1 amide bonds. The topological polar surface area (TPSA) is 77.0 Å². The van der Waals surface area contributed by atoms with Gasteiger partial charge >= 0.3 is 0 Å². The van der Waals surface area contributed by atoms with Crippen molar-refractivity contribution in [1.29, 1.82) is 0 Å². The van der Waals surface area contributed by atoms with Gasteiger partial charge in [0.1, 0.15) is 5.82 Å². The molecule has 0 radical (unpaired) electrons. The number of carbonyl (C=O) groups is 1. The van der Waals surface area contributed by atoms with E-state index in [0.29, 0.717) is 11.7 Å². The molecule has 0 saturated carbocycles. The summed E-state index contributed by atoms with van der Waals surface area (Å²) in [6, 6.07) is 6.19. The fourth-order valence-corrected chi connectivity index (χ4v) is 3.51. The van der Waals surface area contributed by atoms with Gasteiger partial charge in [0.25, 0.3) is 0 Å². The van der Waals surface area contributed by atoms with E-state index in [1.165, 1.54) is 43.2 Å². The molecule has 2 aromatic rings. The highest BCUT2D eigenvalue weighted by Crippen LogP contribution is 2.23. The molecule has 8 heteroatoms. The molecule has 1 aromatic heterocycles. The normalized spacial score (nSPS) is 15.5. The van der Waals surface area contributed by atoms with Crippen molar-refractivity contribution >= 4 is 17.7 Å². The summed E-state index contributed by atoms with van der Waals surface area (Å²) in [5.41, 5.74) is 6.01.